The summed E-state index contributed by atoms with van der Waals surface area (Å²) in [4.78, 5) is 0. The molecule has 0 atom stereocenters. The van der Waals surface area contributed by atoms with E-state index in [4.69, 9.17) is 0 Å². The molecule has 13 heavy (non-hydrogen) atoms. The third-order valence-electron chi connectivity index (χ3n) is 1.62. The Hall–Kier alpha value is -0.740. The van der Waals surface area contributed by atoms with E-state index in [2.05, 4.69) is 25.7 Å². The Labute approximate surface area is 81.9 Å². The van der Waals surface area contributed by atoms with Gasteiger partial charge in [0.15, 0.2) is 0 Å². The molecule has 0 saturated carbocycles. The van der Waals surface area contributed by atoms with Crippen molar-refractivity contribution in [2.75, 3.05) is 0 Å². The standard InChI is InChI=1S/C12H20O/c1-9(2)11(10(3)4)7-8-12(5,6)13/h9,13H,1-6H3. The lowest BCUT2D eigenvalue weighted by Crippen LogP contribution is -2.14. The Morgan fingerprint density at radius 3 is 1.92 bits per heavy atom. The second-order valence-electron chi connectivity index (χ2n) is 4.38. The number of rotatable bonds is 1. The van der Waals surface area contributed by atoms with Gasteiger partial charge in [0.2, 0.25) is 0 Å². The molecule has 0 heterocycles. The average molecular weight is 180 g/mol. The van der Waals surface area contributed by atoms with E-state index in [0.29, 0.717) is 5.92 Å². The van der Waals surface area contributed by atoms with Gasteiger partial charge in [-0.05, 0) is 33.6 Å². The first kappa shape index (κ1) is 12.3. The quantitative estimate of drug-likeness (QED) is 0.615. The maximum Gasteiger partial charge on any atom is 0.120 e. The topological polar surface area (TPSA) is 20.2 Å². The van der Waals surface area contributed by atoms with Gasteiger partial charge in [0.1, 0.15) is 5.60 Å². The van der Waals surface area contributed by atoms with Gasteiger partial charge >= 0.3 is 0 Å². The molecule has 74 valence electrons. The molecule has 0 fully saturated rings. The number of hydrogen-bond acceptors (Lipinski definition) is 1. The van der Waals surface area contributed by atoms with E-state index in [1.165, 1.54) is 5.57 Å². The molecule has 0 aromatic heterocycles. The van der Waals surface area contributed by atoms with Gasteiger partial charge in [-0.15, -0.1) is 0 Å². The van der Waals surface area contributed by atoms with Crippen molar-refractivity contribution in [3.05, 3.63) is 11.1 Å². The van der Waals surface area contributed by atoms with Crippen LogP contribution in [-0.2, 0) is 0 Å². The Morgan fingerprint density at radius 2 is 1.69 bits per heavy atom. The highest BCUT2D eigenvalue weighted by atomic mass is 16.3. The molecule has 1 nitrogen and oxygen atoms in total. The number of aliphatic hydroxyl groups is 1. The predicted molar refractivity (Wildman–Crippen MR) is 57.3 cm³/mol. The zero-order valence-corrected chi connectivity index (χ0v) is 9.52. The summed E-state index contributed by atoms with van der Waals surface area (Å²) >= 11 is 0. The molecule has 0 amide bonds. The van der Waals surface area contributed by atoms with Gasteiger partial charge in [-0.1, -0.05) is 31.3 Å². The summed E-state index contributed by atoms with van der Waals surface area (Å²) in [6, 6.07) is 0. The van der Waals surface area contributed by atoms with E-state index in [-0.39, 0.29) is 0 Å². The Kier molecular flexibility index (Phi) is 4.23. The summed E-state index contributed by atoms with van der Waals surface area (Å²) in [6.07, 6.45) is 0. The normalized spacial score (nSPS) is 10.8. The maximum atomic E-state index is 9.43. The molecule has 0 aliphatic heterocycles. The Bertz CT molecular complexity index is 249. The number of hydrogen-bond donors (Lipinski definition) is 1. The van der Waals surface area contributed by atoms with Crippen molar-refractivity contribution < 1.29 is 5.11 Å². The van der Waals surface area contributed by atoms with E-state index < -0.39 is 5.60 Å². The predicted octanol–water partition coefficient (Wildman–Crippen LogP) is 2.75. The summed E-state index contributed by atoms with van der Waals surface area (Å²) in [6.45, 7) is 11.7. The summed E-state index contributed by atoms with van der Waals surface area (Å²) in [5.41, 5.74) is 1.46. The van der Waals surface area contributed by atoms with Crippen molar-refractivity contribution in [2.24, 2.45) is 5.92 Å². The SMILES string of the molecule is CC(C)=C(C#CC(C)(C)O)C(C)C. The summed E-state index contributed by atoms with van der Waals surface area (Å²) in [5, 5.41) is 9.43. The molecule has 0 aromatic rings. The molecule has 0 aliphatic rings. The molecule has 0 radical (unpaired) electrons. The van der Waals surface area contributed by atoms with Crippen molar-refractivity contribution in [2.45, 2.75) is 47.1 Å². The van der Waals surface area contributed by atoms with Crippen molar-refractivity contribution >= 4 is 0 Å². The fourth-order valence-electron chi connectivity index (χ4n) is 1.07. The van der Waals surface area contributed by atoms with Crippen LogP contribution in [0, 0.1) is 17.8 Å². The smallest absolute Gasteiger partial charge is 0.120 e. The molecule has 0 spiro atoms. The fourth-order valence-corrected chi connectivity index (χ4v) is 1.07. The highest BCUT2D eigenvalue weighted by Gasteiger charge is 2.07. The van der Waals surface area contributed by atoms with Gasteiger partial charge < -0.3 is 5.11 Å². The van der Waals surface area contributed by atoms with Gasteiger partial charge in [0.25, 0.3) is 0 Å². The zero-order chi connectivity index (χ0) is 10.6. The van der Waals surface area contributed by atoms with Gasteiger partial charge in [-0.25, -0.2) is 0 Å². The number of allylic oxidation sites excluding steroid dienone is 2. The second-order valence-corrected chi connectivity index (χ2v) is 4.38. The van der Waals surface area contributed by atoms with E-state index in [9.17, 15) is 5.11 Å². The molecule has 0 bridgehead atoms. The molecule has 1 heteroatoms. The van der Waals surface area contributed by atoms with Crippen molar-refractivity contribution in [3.8, 4) is 11.8 Å². The van der Waals surface area contributed by atoms with Crippen LogP contribution in [0.4, 0.5) is 0 Å². The van der Waals surface area contributed by atoms with Crippen LogP contribution in [0.25, 0.3) is 0 Å². The van der Waals surface area contributed by atoms with Gasteiger partial charge in [0.05, 0.1) is 0 Å². The molecular weight excluding hydrogens is 160 g/mol. The lowest BCUT2D eigenvalue weighted by molar-refractivity contribution is 0.143. The lowest BCUT2D eigenvalue weighted by Gasteiger charge is -2.09. The minimum atomic E-state index is -0.893. The monoisotopic (exact) mass is 180 g/mol. The summed E-state index contributed by atoms with van der Waals surface area (Å²) in [5.74, 6) is 6.30. The van der Waals surface area contributed by atoms with Gasteiger partial charge in [-0.2, -0.15) is 0 Å². The van der Waals surface area contributed by atoms with E-state index >= 15 is 0 Å². The first-order valence-electron chi connectivity index (χ1n) is 4.67. The third kappa shape index (κ3) is 5.49. The van der Waals surface area contributed by atoms with E-state index in [0.717, 1.165) is 5.57 Å². The second kappa shape index (κ2) is 4.48. The molecule has 0 unspecified atom stereocenters. The van der Waals surface area contributed by atoms with Crippen LogP contribution in [0.2, 0.25) is 0 Å². The molecule has 0 rings (SSSR count). The zero-order valence-electron chi connectivity index (χ0n) is 9.52. The van der Waals surface area contributed by atoms with Crippen LogP contribution in [0.1, 0.15) is 41.5 Å². The van der Waals surface area contributed by atoms with Gasteiger partial charge in [-0.3, -0.25) is 0 Å². The Balaban J connectivity index is 4.83. The highest BCUT2D eigenvalue weighted by molar-refractivity contribution is 5.35. The molecule has 0 aliphatic carbocycles. The molecule has 0 aromatic carbocycles. The Morgan fingerprint density at radius 1 is 1.23 bits per heavy atom. The highest BCUT2D eigenvalue weighted by Crippen LogP contribution is 2.13. The van der Waals surface area contributed by atoms with Crippen molar-refractivity contribution in [3.63, 3.8) is 0 Å². The van der Waals surface area contributed by atoms with Crippen molar-refractivity contribution in [1.82, 2.24) is 0 Å². The molecule has 0 saturated heterocycles. The van der Waals surface area contributed by atoms with Crippen LogP contribution in [-0.4, -0.2) is 10.7 Å². The summed E-state index contributed by atoms with van der Waals surface area (Å²) in [7, 11) is 0. The maximum absolute atomic E-state index is 9.43. The fraction of sp³-hybridized carbons (Fsp3) is 0.667. The van der Waals surface area contributed by atoms with Crippen LogP contribution in [0.3, 0.4) is 0 Å². The summed E-state index contributed by atoms with van der Waals surface area (Å²) < 4.78 is 0. The minimum absolute atomic E-state index is 0.430. The largest absolute Gasteiger partial charge is 0.378 e. The average Bonchev–Trinajstić information content (AvgIpc) is 1.82. The molecular formula is C12H20O. The minimum Gasteiger partial charge on any atom is -0.378 e. The van der Waals surface area contributed by atoms with Crippen LogP contribution >= 0.6 is 0 Å². The first-order chi connectivity index (χ1) is 5.74. The van der Waals surface area contributed by atoms with Gasteiger partial charge in [0, 0.05) is 5.57 Å². The third-order valence-corrected chi connectivity index (χ3v) is 1.62. The van der Waals surface area contributed by atoms with Crippen LogP contribution < -0.4 is 0 Å². The van der Waals surface area contributed by atoms with Crippen LogP contribution in [0.15, 0.2) is 11.1 Å². The van der Waals surface area contributed by atoms with Crippen LogP contribution in [0.5, 0.6) is 0 Å². The van der Waals surface area contributed by atoms with E-state index in [1.807, 2.05) is 13.8 Å². The van der Waals surface area contributed by atoms with Crippen molar-refractivity contribution in [1.29, 1.82) is 0 Å². The molecule has 1 N–H and O–H groups in total. The first-order valence-corrected chi connectivity index (χ1v) is 4.67. The van der Waals surface area contributed by atoms with E-state index in [1.54, 1.807) is 13.8 Å². The lowest BCUT2D eigenvalue weighted by atomic mass is 9.98.